The predicted octanol–water partition coefficient (Wildman–Crippen LogP) is 14.6. The first-order chi connectivity index (χ1) is 28.4. The average Bonchev–Trinajstić information content (AvgIpc) is 3.21. The molecule has 0 rings (SSSR count). The molecule has 0 aliphatic heterocycles. The van der Waals surface area contributed by atoms with E-state index >= 15 is 0 Å². The van der Waals surface area contributed by atoms with Crippen molar-refractivity contribution in [2.24, 2.45) is 5.73 Å². The zero-order valence-electron chi connectivity index (χ0n) is 38.1. The number of hydrogen-bond acceptors (Lipinski definition) is 5. The van der Waals surface area contributed by atoms with Crippen LogP contribution in [0.5, 0.6) is 0 Å². The maximum atomic E-state index is 12.8. The molecule has 0 aliphatic rings. The fraction of sp³-hybridized carbons (Fsp3) is 0.824. The van der Waals surface area contributed by atoms with Crippen molar-refractivity contribution in [3.05, 3.63) is 36.5 Å². The van der Waals surface area contributed by atoms with Crippen molar-refractivity contribution in [2.75, 3.05) is 6.54 Å². The van der Waals surface area contributed by atoms with Crippen LogP contribution in [0.15, 0.2) is 36.5 Å². The molecule has 0 aromatic carbocycles. The van der Waals surface area contributed by atoms with Gasteiger partial charge in [-0.15, -0.1) is 0 Å². The minimum absolute atomic E-state index is 0.0739. The summed E-state index contributed by atoms with van der Waals surface area (Å²) in [5.41, 5.74) is 5.48. The lowest BCUT2D eigenvalue weighted by Gasteiger charge is -2.15. The van der Waals surface area contributed by atoms with E-state index in [0.29, 0.717) is 32.2 Å². The van der Waals surface area contributed by atoms with Gasteiger partial charge in [-0.05, 0) is 96.1 Å². The second-order valence-electron chi connectivity index (χ2n) is 16.9. The summed E-state index contributed by atoms with van der Waals surface area (Å²) in [7, 11) is 0. The second kappa shape index (κ2) is 45.7. The van der Waals surface area contributed by atoms with Gasteiger partial charge >= 0.3 is 11.9 Å². The van der Waals surface area contributed by atoms with Gasteiger partial charge in [-0.25, -0.2) is 4.79 Å². The van der Waals surface area contributed by atoms with Gasteiger partial charge in [0.1, 0.15) is 12.1 Å². The molecule has 0 bridgehead atoms. The smallest absolute Gasteiger partial charge is 0.326 e. The van der Waals surface area contributed by atoms with Gasteiger partial charge in [-0.3, -0.25) is 9.59 Å². The number of nitrogens with one attached hydrogen (secondary N) is 1. The van der Waals surface area contributed by atoms with Crippen LogP contribution < -0.4 is 11.1 Å². The van der Waals surface area contributed by atoms with E-state index in [9.17, 15) is 19.5 Å². The zero-order chi connectivity index (χ0) is 42.4. The van der Waals surface area contributed by atoms with Crippen LogP contribution in [0.3, 0.4) is 0 Å². The number of rotatable bonds is 45. The molecule has 2 unspecified atom stereocenters. The minimum Gasteiger partial charge on any atom is -0.480 e. The van der Waals surface area contributed by atoms with Gasteiger partial charge in [0.15, 0.2) is 0 Å². The first-order valence-electron chi connectivity index (χ1n) is 24.8. The van der Waals surface area contributed by atoms with Gasteiger partial charge in [-0.1, -0.05) is 185 Å². The Bertz CT molecular complexity index is 1010. The molecule has 1 amide bonds. The number of nitrogens with two attached hydrogens (primary N) is 1. The van der Waals surface area contributed by atoms with Gasteiger partial charge in [-0.2, -0.15) is 0 Å². The molecule has 0 aromatic rings. The number of unbranched alkanes of at least 4 members (excludes halogenated alkanes) is 27. The van der Waals surface area contributed by atoms with Crippen molar-refractivity contribution in [1.82, 2.24) is 5.32 Å². The third kappa shape index (κ3) is 41.7. The average molecular weight is 815 g/mol. The predicted molar refractivity (Wildman–Crippen MR) is 248 cm³/mol. The van der Waals surface area contributed by atoms with E-state index in [1.54, 1.807) is 0 Å². The van der Waals surface area contributed by atoms with E-state index in [2.05, 4.69) is 55.6 Å². The molecule has 2 atom stereocenters. The van der Waals surface area contributed by atoms with E-state index in [1.807, 2.05) is 0 Å². The summed E-state index contributed by atoms with van der Waals surface area (Å²) in [6.07, 6.45) is 55.2. The fourth-order valence-electron chi connectivity index (χ4n) is 7.40. The summed E-state index contributed by atoms with van der Waals surface area (Å²) in [6, 6.07) is -0.856. The molecule has 0 fully saturated rings. The summed E-state index contributed by atoms with van der Waals surface area (Å²) in [6.45, 7) is 4.92. The van der Waals surface area contributed by atoms with Crippen LogP contribution in [-0.2, 0) is 19.1 Å². The van der Waals surface area contributed by atoms with Gasteiger partial charge in [0.25, 0.3) is 0 Å². The number of amides is 1. The Morgan fingerprint density at radius 3 is 1.47 bits per heavy atom. The molecule has 0 heterocycles. The molecule has 7 nitrogen and oxygen atoms in total. The number of esters is 1. The quantitative estimate of drug-likeness (QED) is 0.0320. The van der Waals surface area contributed by atoms with Crippen molar-refractivity contribution in [3.63, 3.8) is 0 Å². The van der Waals surface area contributed by atoms with Crippen LogP contribution in [0.4, 0.5) is 0 Å². The van der Waals surface area contributed by atoms with Crippen molar-refractivity contribution in [1.29, 1.82) is 0 Å². The Morgan fingerprint density at radius 2 is 0.948 bits per heavy atom. The Morgan fingerprint density at radius 1 is 0.517 bits per heavy atom. The van der Waals surface area contributed by atoms with E-state index in [0.717, 1.165) is 70.6 Å². The monoisotopic (exact) mass is 815 g/mol. The second-order valence-corrected chi connectivity index (χ2v) is 16.9. The summed E-state index contributed by atoms with van der Waals surface area (Å²) in [5, 5.41) is 11.9. The highest BCUT2D eigenvalue weighted by Crippen LogP contribution is 2.17. The lowest BCUT2D eigenvalue weighted by molar-refractivity contribution is -0.147. The molecule has 0 saturated carbocycles. The van der Waals surface area contributed by atoms with E-state index in [4.69, 9.17) is 10.5 Å². The molecule has 338 valence electrons. The maximum Gasteiger partial charge on any atom is 0.326 e. The number of carboxylic acid groups (broad SMARTS) is 1. The van der Waals surface area contributed by atoms with Crippen molar-refractivity contribution in [2.45, 2.75) is 264 Å². The summed E-state index contributed by atoms with van der Waals surface area (Å²) >= 11 is 0. The van der Waals surface area contributed by atoms with Gasteiger partial charge in [0.05, 0.1) is 0 Å². The summed E-state index contributed by atoms with van der Waals surface area (Å²) in [5.74, 6) is -1.28. The Hall–Kier alpha value is -2.41. The molecule has 7 heteroatoms. The lowest BCUT2D eigenvalue weighted by Crippen LogP contribution is -2.40. The number of carbonyl (C=O) groups is 3. The first-order valence-corrected chi connectivity index (χ1v) is 24.8. The number of carboxylic acids is 1. The largest absolute Gasteiger partial charge is 0.480 e. The highest BCUT2D eigenvalue weighted by molar-refractivity contribution is 5.83. The van der Waals surface area contributed by atoms with E-state index < -0.39 is 12.0 Å². The highest BCUT2D eigenvalue weighted by Gasteiger charge is 2.18. The topological polar surface area (TPSA) is 119 Å². The maximum absolute atomic E-state index is 12.8. The molecule has 0 spiro atoms. The molecular formula is C51H94N2O5. The molecule has 0 radical (unpaired) electrons. The normalized spacial score (nSPS) is 12.9. The Labute approximate surface area is 358 Å². The van der Waals surface area contributed by atoms with Crippen LogP contribution >= 0.6 is 0 Å². The third-order valence-corrected chi connectivity index (χ3v) is 11.2. The molecule has 58 heavy (non-hydrogen) atoms. The first kappa shape index (κ1) is 55.6. The fourth-order valence-corrected chi connectivity index (χ4v) is 7.40. The number of allylic oxidation sites excluding steroid dienone is 5. The number of carbonyl (C=O) groups excluding carboxylic acids is 2. The molecule has 0 saturated heterocycles. The van der Waals surface area contributed by atoms with Gasteiger partial charge in [0, 0.05) is 12.8 Å². The third-order valence-electron chi connectivity index (χ3n) is 11.2. The van der Waals surface area contributed by atoms with Crippen LogP contribution in [0.1, 0.15) is 251 Å². The molecular weight excluding hydrogens is 721 g/mol. The number of ether oxygens (including phenoxy) is 1. The Kier molecular flexibility index (Phi) is 43.8. The number of aliphatic carboxylic acids is 1. The lowest BCUT2D eigenvalue weighted by atomic mass is 10.0. The van der Waals surface area contributed by atoms with Crippen LogP contribution in [0.25, 0.3) is 0 Å². The summed E-state index contributed by atoms with van der Waals surface area (Å²) in [4.78, 5) is 36.3. The van der Waals surface area contributed by atoms with Crippen LogP contribution in [-0.4, -0.2) is 41.6 Å². The van der Waals surface area contributed by atoms with E-state index in [1.165, 1.54) is 141 Å². The molecule has 4 N–H and O–H groups in total. The SMILES string of the molecule is CCCCC/C=C\C/C=C\C(CCCCCCCCC(=O)NC(CCCN)C(=O)O)OC(=O)CCCCCCCCCCCCC/C=C\CCCCCCCCCC. The van der Waals surface area contributed by atoms with Gasteiger partial charge in [0.2, 0.25) is 5.91 Å². The van der Waals surface area contributed by atoms with Crippen LogP contribution in [0, 0.1) is 0 Å². The number of hydrogen-bond donors (Lipinski definition) is 3. The summed E-state index contributed by atoms with van der Waals surface area (Å²) < 4.78 is 5.96. The minimum atomic E-state index is -1.01. The molecule has 0 aliphatic carbocycles. The highest BCUT2D eigenvalue weighted by atomic mass is 16.5. The molecule has 0 aromatic heterocycles. The zero-order valence-corrected chi connectivity index (χ0v) is 38.1. The van der Waals surface area contributed by atoms with Crippen molar-refractivity contribution < 1.29 is 24.2 Å². The van der Waals surface area contributed by atoms with Crippen molar-refractivity contribution >= 4 is 17.8 Å². The van der Waals surface area contributed by atoms with Gasteiger partial charge < -0.3 is 20.9 Å². The van der Waals surface area contributed by atoms with Crippen molar-refractivity contribution in [3.8, 4) is 0 Å². The van der Waals surface area contributed by atoms with E-state index in [-0.39, 0.29) is 18.0 Å². The Balaban J connectivity index is 4.09. The standard InChI is InChI=1S/C51H94N2O5/c1-3-5-7-9-11-13-14-15-16-17-18-19-20-21-22-23-24-25-26-27-29-35-39-45-50(55)58-47(41-36-32-28-12-10-8-6-4-2)42-37-33-30-31-34-38-44-49(54)53-48(51(56)57)43-40-46-52/h12,17-18,28,36,41,47-48H,3-11,13-16,19-27,29-35,37-40,42-46,52H2,1-2H3,(H,53,54)(H,56,57)/b18-17-,28-12-,41-36-. The van der Waals surface area contributed by atoms with Crippen LogP contribution in [0.2, 0.25) is 0 Å².